The second-order valence-corrected chi connectivity index (χ2v) is 6.05. The summed E-state index contributed by atoms with van der Waals surface area (Å²) >= 11 is 1.32. The van der Waals surface area contributed by atoms with Gasteiger partial charge in [-0.2, -0.15) is 0 Å². The fraction of sp³-hybridized carbons (Fsp3) is 0.846. The number of amides is 1. The Bertz CT molecular complexity index is 283. The summed E-state index contributed by atoms with van der Waals surface area (Å²) in [5, 5.41) is 8.79. The van der Waals surface area contributed by atoms with E-state index < -0.39 is 0 Å². The van der Waals surface area contributed by atoms with Crippen LogP contribution < -0.4 is 0 Å². The zero-order valence-electron chi connectivity index (χ0n) is 11.1. The summed E-state index contributed by atoms with van der Waals surface area (Å²) in [5.74, 6) is 1.33. The molecule has 1 rings (SSSR count). The Hall–Kier alpha value is -0.550. The molecule has 1 fully saturated rings. The van der Waals surface area contributed by atoms with Crippen LogP contribution in [0.4, 0.5) is 0 Å². The molecule has 1 atom stereocenters. The van der Waals surface area contributed by atoms with Gasteiger partial charge in [0.2, 0.25) is 5.91 Å². The van der Waals surface area contributed by atoms with Crippen LogP contribution in [0.15, 0.2) is 0 Å². The highest BCUT2D eigenvalue weighted by Crippen LogP contribution is 2.22. The van der Waals surface area contributed by atoms with Crippen LogP contribution in [0.1, 0.15) is 39.0 Å². The van der Waals surface area contributed by atoms with Crippen molar-refractivity contribution in [3.63, 3.8) is 0 Å². The zero-order valence-corrected chi connectivity index (χ0v) is 11.9. The molecule has 0 aromatic carbocycles. The summed E-state index contributed by atoms with van der Waals surface area (Å²) in [7, 11) is 0. The molecule has 1 N–H and O–H groups in total. The summed E-state index contributed by atoms with van der Waals surface area (Å²) in [4.78, 5) is 24.5. The molecule has 0 bridgehead atoms. The van der Waals surface area contributed by atoms with Crippen LogP contribution in [0.25, 0.3) is 0 Å². The Morgan fingerprint density at radius 2 is 2.11 bits per heavy atom. The molecule has 1 amide bonds. The lowest BCUT2D eigenvalue weighted by Crippen LogP contribution is -2.26. The molecule has 0 radical (unpaired) electrons. The van der Waals surface area contributed by atoms with E-state index in [1.165, 1.54) is 11.8 Å². The lowest BCUT2D eigenvalue weighted by Gasteiger charge is -2.16. The van der Waals surface area contributed by atoms with Gasteiger partial charge in [0.1, 0.15) is 0 Å². The first-order valence-corrected chi connectivity index (χ1v) is 7.64. The summed E-state index contributed by atoms with van der Waals surface area (Å²) in [5.41, 5.74) is 0. The first-order valence-electron chi connectivity index (χ1n) is 6.65. The highest BCUT2D eigenvalue weighted by Gasteiger charge is 2.29. The molecule has 4 nitrogen and oxygen atoms in total. The van der Waals surface area contributed by atoms with Crippen molar-refractivity contribution in [1.29, 1.82) is 0 Å². The minimum atomic E-state index is 0.130. The molecular formula is C13H23NO3S. The van der Waals surface area contributed by atoms with Crippen molar-refractivity contribution in [3.8, 4) is 0 Å². The van der Waals surface area contributed by atoms with Crippen LogP contribution >= 0.6 is 11.8 Å². The quantitative estimate of drug-likeness (QED) is 0.683. The number of carbonyl (C=O) groups excluding carboxylic acids is 2. The van der Waals surface area contributed by atoms with E-state index in [1.807, 2.05) is 4.90 Å². The van der Waals surface area contributed by atoms with E-state index in [0.29, 0.717) is 12.3 Å². The van der Waals surface area contributed by atoms with Crippen molar-refractivity contribution in [2.45, 2.75) is 39.0 Å². The van der Waals surface area contributed by atoms with Gasteiger partial charge < -0.3 is 10.0 Å². The van der Waals surface area contributed by atoms with Crippen LogP contribution in [0.5, 0.6) is 0 Å². The number of aliphatic hydroxyl groups is 1. The van der Waals surface area contributed by atoms with Gasteiger partial charge in [-0.15, -0.1) is 0 Å². The van der Waals surface area contributed by atoms with E-state index in [9.17, 15) is 9.59 Å². The number of unbranched alkanes of at least 4 members (excludes halogenated alkanes) is 3. The van der Waals surface area contributed by atoms with E-state index in [2.05, 4.69) is 0 Å². The maximum Gasteiger partial charge on any atom is 0.222 e. The van der Waals surface area contributed by atoms with Crippen molar-refractivity contribution < 1.29 is 14.7 Å². The number of aliphatic hydroxyl groups excluding tert-OH is 1. The Balaban J connectivity index is 2.15. The molecular weight excluding hydrogens is 250 g/mol. The minimum absolute atomic E-state index is 0.130. The van der Waals surface area contributed by atoms with Crippen LogP contribution in [0.3, 0.4) is 0 Å². The second kappa shape index (κ2) is 8.53. The summed E-state index contributed by atoms with van der Waals surface area (Å²) in [6.07, 6.45) is 4.56. The van der Waals surface area contributed by atoms with E-state index in [0.717, 1.165) is 44.5 Å². The summed E-state index contributed by atoms with van der Waals surface area (Å²) in [6.45, 7) is 3.46. The molecule has 1 heterocycles. The monoisotopic (exact) mass is 273 g/mol. The molecule has 5 heteroatoms. The predicted octanol–water partition coefficient (Wildman–Crippen LogP) is 1.67. The third-order valence-corrected chi connectivity index (χ3v) is 4.20. The third-order valence-electron chi connectivity index (χ3n) is 3.15. The number of nitrogens with zero attached hydrogens (tertiary/aromatic N) is 1. The van der Waals surface area contributed by atoms with Gasteiger partial charge in [-0.05, 0) is 18.8 Å². The lowest BCUT2D eigenvalue weighted by atomic mass is 10.1. The fourth-order valence-electron chi connectivity index (χ4n) is 2.18. The van der Waals surface area contributed by atoms with E-state index in [-0.39, 0.29) is 17.6 Å². The normalized spacial score (nSPS) is 19.6. The summed E-state index contributed by atoms with van der Waals surface area (Å²) in [6, 6.07) is 0. The van der Waals surface area contributed by atoms with Crippen molar-refractivity contribution >= 4 is 22.8 Å². The molecule has 0 aromatic rings. The van der Waals surface area contributed by atoms with Crippen molar-refractivity contribution in [2.24, 2.45) is 5.92 Å². The number of hydrogen-bond acceptors (Lipinski definition) is 4. The fourth-order valence-corrected chi connectivity index (χ4v) is 2.88. The van der Waals surface area contributed by atoms with Crippen molar-refractivity contribution in [1.82, 2.24) is 4.90 Å². The topological polar surface area (TPSA) is 57.6 Å². The van der Waals surface area contributed by atoms with Gasteiger partial charge in [-0.1, -0.05) is 24.6 Å². The number of rotatable bonds is 8. The smallest absolute Gasteiger partial charge is 0.222 e. The Labute approximate surface area is 113 Å². The molecule has 1 saturated heterocycles. The molecule has 0 spiro atoms. The van der Waals surface area contributed by atoms with Gasteiger partial charge in [0.05, 0.1) is 0 Å². The molecule has 0 saturated carbocycles. The maximum absolute atomic E-state index is 11.7. The Morgan fingerprint density at radius 1 is 1.39 bits per heavy atom. The number of likely N-dealkylation sites (tertiary alicyclic amines) is 1. The van der Waals surface area contributed by atoms with Gasteiger partial charge >= 0.3 is 0 Å². The average molecular weight is 273 g/mol. The number of carbonyl (C=O) groups is 2. The van der Waals surface area contributed by atoms with E-state index in [1.54, 1.807) is 6.92 Å². The SMILES string of the molecule is CC(=O)SCC1CC(=O)N(CCCCCCO)C1. The zero-order chi connectivity index (χ0) is 13.4. The second-order valence-electron chi connectivity index (χ2n) is 4.85. The van der Waals surface area contributed by atoms with Crippen molar-refractivity contribution in [3.05, 3.63) is 0 Å². The van der Waals surface area contributed by atoms with Gasteiger partial charge in [0, 0.05) is 38.8 Å². The van der Waals surface area contributed by atoms with Crippen LogP contribution in [-0.2, 0) is 9.59 Å². The number of hydrogen-bond donors (Lipinski definition) is 1. The molecule has 1 aliphatic heterocycles. The first-order chi connectivity index (χ1) is 8.63. The third kappa shape index (κ3) is 5.87. The molecule has 1 aliphatic rings. The highest BCUT2D eigenvalue weighted by molar-refractivity contribution is 8.13. The minimum Gasteiger partial charge on any atom is -0.396 e. The first kappa shape index (κ1) is 15.5. The van der Waals surface area contributed by atoms with Gasteiger partial charge in [0.15, 0.2) is 5.12 Å². The highest BCUT2D eigenvalue weighted by atomic mass is 32.2. The maximum atomic E-state index is 11.7. The predicted molar refractivity (Wildman–Crippen MR) is 73.4 cm³/mol. The molecule has 18 heavy (non-hydrogen) atoms. The van der Waals surface area contributed by atoms with E-state index >= 15 is 0 Å². The largest absolute Gasteiger partial charge is 0.396 e. The molecule has 104 valence electrons. The van der Waals surface area contributed by atoms with Crippen molar-refractivity contribution in [2.75, 3.05) is 25.4 Å². The van der Waals surface area contributed by atoms with Crippen LogP contribution in [-0.4, -0.2) is 46.5 Å². The average Bonchev–Trinajstić information content (AvgIpc) is 2.67. The van der Waals surface area contributed by atoms with Crippen LogP contribution in [0.2, 0.25) is 0 Å². The lowest BCUT2D eigenvalue weighted by molar-refractivity contribution is -0.127. The molecule has 0 aromatic heterocycles. The standard InChI is InChI=1S/C13H23NO3S/c1-11(16)18-10-12-8-13(17)14(9-12)6-4-2-3-5-7-15/h12,15H,2-10H2,1H3. The summed E-state index contributed by atoms with van der Waals surface area (Å²) < 4.78 is 0. The van der Waals surface area contributed by atoms with Gasteiger partial charge in [-0.3, -0.25) is 9.59 Å². The Kier molecular flexibility index (Phi) is 7.35. The Morgan fingerprint density at radius 3 is 2.78 bits per heavy atom. The van der Waals surface area contributed by atoms with Gasteiger partial charge in [-0.25, -0.2) is 0 Å². The molecule has 1 unspecified atom stereocenters. The van der Waals surface area contributed by atoms with Crippen LogP contribution in [0, 0.1) is 5.92 Å². The van der Waals surface area contributed by atoms with E-state index in [4.69, 9.17) is 5.11 Å². The van der Waals surface area contributed by atoms with Gasteiger partial charge in [0.25, 0.3) is 0 Å². The number of thioether (sulfide) groups is 1. The molecule has 0 aliphatic carbocycles.